The Morgan fingerprint density at radius 1 is 1.24 bits per heavy atom. The van der Waals surface area contributed by atoms with Crippen LogP contribution >= 0.6 is 0 Å². The van der Waals surface area contributed by atoms with Gasteiger partial charge in [0, 0.05) is 25.7 Å². The van der Waals surface area contributed by atoms with E-state index in [0.29, 0.717) is 25.3 Å². The predicted molar refractivity (Wildman–Crippen MR) is 60.5 cm³/mol. The molecule has 0 aromatic heterocycles. The van der Waals surface area contributed by atoms with E-state index < -0.39 is 11.6 Å². The topological polar surface area (TPSA) is 38.5 Å². The van der Waals surface area contributed by atoms with E-state index in [4.69, 9.17) is 10.5 Å². The van der Waals surface area contributed by atoms with Crippen LogP contribution in [0.25, 0.3) is 0 Å². The molecular formula is C12H16F2N2O. The summed E-state index contributed by atoms with van der Waals surface area (Å²) in [6.07, 6.45) is 0. The van der Waals surface area contributed by atoms with Gasteiger partial charge in [0.1, 0.15) is 0 Å². The summed E-state index contributed by atoms with van der Waals surface area (Å²) < 4.78 is 31.1. The molecule has 2 N–H and O–H groups in total. The van der Waals surface area contributed by atoms with Gasteiger partial charge in [0.05, 0.1) is 13.2 Å². The highest BCUT2D eigenvalue weighted by Crippen LogP contribution is 2.16. The molecule has 0 spiro atoms. The zero-order valence-electron chi connectivity index (χ0n) is 9.53. The Morgan fingerprint density at radius 2 is 1.94 bits per heavy atom. The lowest BCUT2D eigenvalue weighted by molar-refractivity contribution is 0.0352. The number of benzene rings is 1. The first-order valence-corrected chi connectivity index (χ1v) is 5.67. The van der Waals surface area contributed by atoms with Gasteiger partial charge in [-0.3, -0.25) is 4.90 Å². The van der Waals surface area contributed by atoms with Crippen LogP contribution in [0.3, 0.4) is 0 Å². The largest absolute Gasteiger partial charge is 0.379 e. The maximum atomic E-state index is 13.1. The summed E-state index contributed by atoms with van der Waals surface area (Å²) in [5.41, 5.74) is 6.59. The quantitative estimate of drug-likeness (QED) is 0.868. The van der Waals surface area contributed by atoms with Crippen LogP contribution in [0.5, 0.6) is 0 Å². The molecule has 1 aromatic rings. The molecule has 1 aliphatic heterocycles. The fourth-order valence-electron chi connectivity index (χ4n) is 1.91. The molecule has 17 heavy (non-hydrogen) atoms. The molecule has 1 heterocycles. The minimum Gasteiger partial charge on any atom is -0.379 e. The fourth-order valence-corrected chi connectivity index (χ4v) is 1.91. The molecule has 0 amide bonds. The molecule has 1 saturated heterocycles. The number of nitrogens with zero attached hydrogens (tertiary/aromatic N) is 1. The Morgan fingerprint density at radius 3 is 2.59 bits per heavy atom. The van der Waals surface area contributed by atoms with Gasteiger partial charge in [0.15, 0.2) is 11.6 Å². The lowest BCUT2D eigenvalue weighted by atomic mass is 10.1. The predicted octanol–water partition coefficient (Wildman–Crippen LogP) is 1.30. The summed E-state index contributed by atoms with van der Waals surface area (Å²) in [6, 6.07) is 3.51. The molecule has 1 atom stereocenters. The van der Waals surface area contributed by atoms with Crippen LogP contribution in [0, 0.1) is 11.6 Å². The number of hydrogen-bond donors (Lipinski definition) is 1. The van der Waals surface area contributed by atoms with Crippen molar-refractivity contribution in [3.63, 3.8) is 0 Å². The minimum atomic E-state index is -0.847. The highest BCUT2D eigenvalue weighted by atomic mass is 19.2. The van der Waals surface area contributed by atoms with Crippen molar-refractivity contribution >= 4 is 0 Å². The standard InChI is InChI=1S/C12H16F2N2O/c13-10-2-1-9(7-11(10)14)12(15)8-16-3-5-17-6-4-16/h1-2,7,12H,3-6,8,15H2. The van der Waals surface area contributed by atoms with E-state index >= 15 is 0 Å². The average molecular weight is 242 g/mol. The molecule has 0 bridgehead atoms. The molecule has 5 heteroatoms. The van der Waals surface area contributed by atoms with Gasteiger partial charge in [-0.1, -0.05) is 6.07 Å². The van der Waals surface area contributed by atoms with Crippen molar-refractivity contribution in [2.24, 2.45) is 5.73 Å². The highest BCUT2D eigenvalue weighted by molar-refractivity contribution is 5.21. The molecular weight excluding hydrogens is 226 g/mol. The van der Waals surface area contributed by atoms with E-state index in [2.05, 4.69) is 4.90 Å². The van der Waals surface area contributed by atoms with Crippen molar-refractivity contribution in [1.82, 2.24) is 4.90 Å². The van der Waals surface area contributed by atoms with Gasteiger partial charge in [-0.15, -0.1) is 0 Å². The number of nitrogens with two attached hydrogens (primary N) is 1. The Kier molecular flexibility index (Phi) is 4.04. The van der Waals surface area contributed by atoms with E-state index in [0.717, 1.165) is 19.2 Å². The Labute approximate surface area is 99.2 Å². The molecule has 1 fully saturated rings. The van der Waals surface area contributed by atoms with Gasteiger partial charge in [-0.2, -0.15) is 0 Å². The first kappa shape index (κ1) is 12.4. The molecule has 1 aromatic carbocycles. The van der Waals surface area contributed by atoms with Gasteiger partial charge in [0.2, 0.25) is 0 Å². The van der Waals surface area contributed by atoms with Crippen LogP contribution < -0.4 is 5.73 Å². The third-order valence-corrected chi connectivity index (χ3v) is 2.93. The van der Waals surface area contributed by atoms with Crippen molar-refractivity contribution in [3.8, 4) is 0 Å². The zero-order chi connectivity index (χ0) is 12.3. The third kappa shape index (κ3) is 3.21. The summed E-state index contributed by atoms with van der Waals surface area (Å²) in [7, 11) is 0. The molecule has 1 unspecified atom stereocenters. The second kappa shape index (κ2) is 5.53. The molecule has 0 radical (unpaired) electrons. The van der Waals surface area contributed by atoms with Crippen molar-refractivity contribution < 1.29 is 13.5 Å². The normalized spacial score (nSPS) is 19.2. The van der Waals surface area contributed by atoms with Crippen molar-refractivity contribution in [1.29, 1.82) is 0 Å². The van der Waals surface area contributed by atoms with Crippen LogP contribution in [-0.4, -0.2) is 37.7 Å². The van der Waals surface area contributed by atoms with E-state index in [-0.39, 0.29) is 6.04 Å². The van der Waals surface area contributed by atoms with Crippen molar-refractivity contribution in [2.75, 3.05) is 32.8 Å². The smallest absolute Gasteiger partial charge is 0.159 e. The fraction of sp³-hybridized carbons (Fsp3) is 0.500. The maximum absolute atomic E-state index is 13.1. The Hall–Kier alpha value is -1.04. The number of ether oxygens (including phenoxy) is 1. The van der Waals surface area contributed by atoms with Crippen LogP contribution in [-0.2, 0) is 4.74 Å². The van der Waals surface area contributed by atoms with E-state index in [1.165, 1.54) is 12.1 Å². The number of rotatable bonds is 3. The summed E-state index contributed by atoms with van der Waals surface area (Å²) in [4.78, 5) is 2.16. The second-order valence-corrected chi connectivity index (χ2v) is 4.19. The Balaban J connectivity index is 1.98. The summed E-state index contributed by atoms with van der Waals surface area (Å²) in [5.74, 6) is -1.69. The summed E-state index contributed by atoms with van der Waals surface area (Å²) in [5, 5.41) is 0. The van der Waals surface area contributed by atoms with Gasteiger partial charge < -0.3 is 10.5 Å². The number of halogens is 2. The van der Waals surface area contributed by atoms with Crippen LogP contribution in [0.15, 0.2) is 18.2 Å². The highest BCUT2D eigenvalue weighted by Gasteiger charge is 2.16. The molecule has 1 aliphatic rings. The zero-order valence-corrected chi connectivity index (χ0v) is 9.53. The van der Waals surface area contributed by atoms with Gasteiger partial charge in [-0.05, 0) is 17.7 Å². The lowest BCUT2D eigenvalue weighted by Gasteiger charge is -2.29. The Bertz CT molecular complexity index is 381. The molecule has 3 nitrogen and oxygen atoms in total. The van der Waals surface area contributed by atoms with Crippen LogP contribution in [0.4, 0.5) is 8.78 Å². The van der Waals surface area contributed by atoms with Gasteiger partial charge >= 0.3 is 0 Å². The molecule has 2 rings (SSSR count). The first-order valence-electron chi connectivity index (χ1n) is 5.67. The minimum absolute atomic E-state index is 0.303. The SMILES string of the molecule is NC(CN1CCOCC1)c1ccc(F)c(F)c1. The molecule has 94 valence electrons. The van der Waals surface area contributed by atoms with Crippen molar-refractivity contribution in [3.05, 3.63) is 35.4 Å². The number of hydrogen-bond acceptors (Lipinski definition) is 3. The van der Waals surface area contributed by atoms with Crippen molar-refractivity contribution in [2.45, 2.75) is 6.04 Å². The summed E-state index contributed by atoms with van der Waals surface area (Å²) >= 11 is 0. The summed E-state index contributed by atoms with van der Waals surface area (Å²) in [6.45, 7) is 3.69. The first-order chi connectivity index (χ1) is 8.16. The van der Waals surface area contributed by atoms with E-state index in [1.807, 2.05) is 0 Å². The third-order valence-electron chi connectivity index (χ3n) is 2.93. The maximum Gasteiger partial charge on any atom is 0.159 e. The second-order valence-electron chi connectivity index (χ2n) is 4.19. The lowest BCUT2D eigenvalue weighted by Crippen LogP contribution is -2.40. The van der Waals surface area contributed by atoms with E-state index in [1.54, 1.807) is 0 Å². The monoisotopic (exact) mass is 242 g/mol. The molecule has 0 aliphatic carbocycles. The van der Waals surface area contributed by atoms with E-state index in [9.17, 15) is 8.78 Å². The van der Waals surface area contributed by atoms with Crippen LogP contribution in [0.1, 0.15) is 11.6 Å². The average Bonchev–Trinajstić information content (AvgIpc) is 2.34. The molecule has 0 saturated carbocycles. The van der Waals surface area contributed by atoms with Gasteiger partial charge in [-0.25, -0.2) is 8.78 Å². The van der Waals surface area contributed by atoms with Crippen LogP contribution in [0.2, 0.25) is 0 Å². The number of morpholine rings is 1. The van der Waals surface area contributed by atoms with Gasteiger partial charge in [0.25, 0.3) is 0 Å².